The van der Waals surface area contributed by atoms with Crippen LogP contribution in [-0.2, 0) is 20.1 Å². The molecule has 0 radical (unpaired) electrons. The van der Waals surface area contributed by atoms with Crippen LogP contribution in [0, 0.1) is 39.6 Å². The molecule has 0 atom stereocenters. The molecular formula is C45H33IrN4. The zero-order valence-corrected chi connectivity index (χ0v) is 30.4. The topological polar surface area (TPSA) is 23.8 Å². The number of pyridine rings is 1. The predicted molar refractivity (Wildman–Crippen MR) is 204 cm³/mol. The van der Waals surface area contributed by atoms with Crippen molar-refractivity contribution < 1.29 is 20.1 Å². The monoisotopic (exact) mass is 822 g/mol. The Bertz CT molecular complexity index is 2540. The van der Waals surface area contributed by atoms with Crippen molar-refractivity contribution >= 4 is 60.8 Å². The number of para-hydroxylation sites is 5. The minimum Gasteiger partial charge on any atom is -0.488 e. The molecule has 3 aromatic heterocycles. The van der Waals surface area contributed by atoms with Crippen LogP contribution < -0.4 is 9.80 Å². The van der Waals surface area contributed by atoms with Crippen molar-refractivity contribution in [3.8, 4) is 11.3 Å². The molecule has 10 rings (SSSR count). The zero-order valence-electron chi connectivity index (χ0n) is 28.0. The summed E-state index contributed by atoms with van der Waals surface area (Å²) in [6.07, 6.45) is 1.92. The molecule has 0 saturated heterocycles. The van der Waals surface area contributed by atoms with E-state index in [4.69, 9.17) is 0 Å². The van der Waals surface area contributed by atoms with Crippen LogP contribution in [-0.4, -0.2) is 9.38 Å². The van der Waals surface area contributed by atoms with E-state index >= 15 is 0 Å². The molecule has 50 heavy (non-hydrogen) atoms. The number of rotatable bonds is 3. The van der Waals surface area contributed by atoms with E-state index in [9.17, 15) is 0 Å². The van der Waals surface area contributed by atoms with Crippen molar-refractivity contribution in [2.24, 2.45) is 0 Å². The molecule has 0 spiro atoms. The van der Waals surface area contributed by atoms with Crippen molar-refractivity contribution in [2.75, 3.05) is 9.80 Å². The number of anilines is 4. The first kappa shape index (κ1) is 31.8. The molecule has 0 amide bonds. The Morgan fingerprint density at radius 1 is 0.620 bits per heavy atom. The molecule has 5 heteroatoms. The average Bonchev–Trinajstić information content (AvgIpc) is 3.81. The summed E-state index contributed by atoms with van der Waals surface area (Å²) in [6, 6.07) is 54.0. The molecule has 4 heterocycles. The van der Waals surface area contributed by atoms with Crippen molar-refractivity contribution in [3.63, 3.8) is 0 Å². The Kier molecular flexibility index (Phi) is 8.11. The maximum absolute atomic E-state index is 4.41. The van der Waals surface area contributed by atoms with Crippen LogP contribution in [0.3, 0.4) is 0 Å². The van der Waals surface area contributed by atoms with Crippen LogP contribution in [0.15, 0.2) is 140 Å². The standard InChI is InChI=1S/C31H19N3.C14H14N.Ir/c1-2-10-21(11-3-1)32-20-33(30-17-9-8-16-29(30)32)22-18-25-23-12-4-6-14-27(23)34-28-15-7-5-13-24(28)26(19-22)31(25)34;1-10-4-6-13(7-5-10)14-8-11(2)12(3)9-15-14;/h1-18,20H;4-6,8-9H,1-3H3;/q-2;-1;+3. The molecule has 0 aliphatic carbocycles. The van der Waals surface area contributed by atoms with Crippen LogP contribution >= 0.6 is 0 Å². The van der Waals surface area contributed by atoms with Crippen LogP contribution in [0.1, 0.15) is 16.7 Å². The van der Waals surface area contributed by atoms with Crippen molar-refractivity contribution in [2.45, 2.75) is 20.8 Å². The number of benzene rings is 6. The van der Waals surface area contributed by atoms with Crippen molar-refractivity contribution in [3.05, 3.63) is 175 Å². The van der Waals surface area contributed by atoms with Crippen LogP contribution in [0.5, 0.6) is 0 Å². The first-order valence-corrected chi connectivity index (χ1v) is 16.6. The molecule has 0 unspecified atom stereocenters. The fourth-order valence-corrected chi connectivity index (χ4v) is 7.00. The Morgan fingerprint density at radius 2 is 1.28 bits per heavy atom. The fourth-order valence-electron chi connectivity index (χ4n) is 7.00. The van der Waals surface area contributed by atoms with E-state index < -0.39 is 0 Å². The molecule has 0 saturated carbocycles. The predicted octanol–water partition coefficient (Wildman–Crippen LogP) is 11.5. The minimum absolute atomic E-state index is 0. The summed E-state index contributed by atoms with van der Waals surface area (Å²) in [6.45, 7) is 8.43. The molecule has 6 aromatic carbocycles. The Balaban J connectivity index is 0.000000191. The third kappa shape index (κ3) is 5.22. The maximum Gasteiger partial charge on any atom is 3.00 e. The zero-order chi connectivity index (χ0) is 33.1. The molecule has 1 aliphatic rings. The molecule has 0 N–H and O–H groups in total. The van der Waals surface area contributed by atoms with Gasteiger partial charge in [-0.15, -0.1) is 59.6 Å². The van der Waals surface area contributed by atoms with Gasteiger partial charge in [-0.05, 0) is 72.4 Å². The van der Waals surface area contributed by atoms with Gasteiger partial charge in [-0.3, -0.25) is 0 Å². The molecule has 0 bridgehead atoms. The fraction of sp³-hybridized carbons (Fsp3) is 0.0667. The molecule has 1 aliphatic heterocycles. The van der Waals surface area contributed by atoms with Gasteiger partial charge in [0.1, 0.15) is 0 Å². The molecule has 4 nitrogen and oxygen atoms in total. The van der Waals surface area contributed by atoms with Gasteiger partial charge in [0.25, 0.3) is 0 Å². The van der Waals surface area contributed by atoms with E-state index in [0.717, 1.165) is 28.3 Å². The first-order chi connectivity index (χ1) is 24.0. The molecular weight excluding hydrogens is 789 g/mol. The van der Waals surface area contributed by atoms with Gasteiger partial charge >= 0.3 is 20.1 Å². The van der Waals surface area contributed by atoms with Gasteiger partial charge in [0, 0.05) is 34.3 Å². The van der Waals surface area contributed by atoms with Gasteiger partial charge in [0.15, 0.2) is 0 Å². The second kappa shape index (κ2) is 12.8. The number of aromatic nitrogens is 2. The van der Waals surface area contributed by atoms with Crippen LogP contribution in [0.25, 0.3) is 49.4 Å². The largest absolute Gasteiger partial charge is 3.00 e. The van der Waals surface area contributed by atoms with Crippen LogP contribution in [0.4, 0.5) is 22.7 Å². The molecule has 242 valence electrons. The second-order valence-electron chi connectivity index (χ2n) is 12.8. The normalized spacial score (nSPS) is 12.4. The van der Waals surface area contributed by atoms with Gasteiger partial charge in [-0.2, -0.15) is 0 Å². The average molecular weight is 822 g/mol. The van der Waals surface area contributed by atoms with E-state index in [1.165, 1.54) is 60.5 Å². The maximum atomic E-state index is 4.41. The number of nitrogens with zero attached hydrogens (tertiary/aromatic N) is 4. The van der Waals surface area contributed by atoms with Gasteiger partial charge in [-0.1, -0.05) is 102 Å². The SMILES string of the molecule is Cc1c[c-]c(-c2cc(C)c(C)cn2)cc1.[Ir+3].[c-]1c(N2[CH-]N(c3ccccc3)c3ccccc32)cc2c3ccccc3n3c4ccccc4c1c23. The summed E-state index contributed by atoms with van der Waals surface area (Å²) in [4.78, 5) is 8.93. The van der Waals surface area contributed by atoms with E-state index in [-0.39, 0.29) is 20.1 Å². The third-order valence-electron chi connectivity index (χ3n) is 9.64. The number of aryl methyl sites for hydroxylation is 3. The van der Waals surface area contributed by atoms with E-state index in [1.807, 2.05) is 12.3 Å². The first-order valence-electron chi connectivity index (χ1n) is 16.6. The second-order valence-corrected chi connectivity index (χ2v) is 12.8. The van der Waals surface area contributed by atoms with Gasteiger partial charge in [0.05, 0.1) is 0 Å². The summed E-state index contributed by atoms with van der Waals surface area (Å²) < 4.78 is 2.40. The van der Waals surface area contributed by atoms with E-state index in [1.54, 1.807) is 0 Å². The van der Waals surface area contributed by atoms with Gasteiger partial charge < -0.3 is 19.2 Å². The summed E-state index contributed by atoms with van der Waals surface area (Å²) in [5.41, 5.74) is 14.0. The van der Waals surface area contributed by atoms with Crippen molar-refractivity contribution in [1.82, 2.24) is 9.38 Å². The van der Waals surface area contributed by atoms with E-state index in [0.29, 0.717) is 0 Å². The Hall–Kier alpha value is -5.48. The molecule has 0 fully saturated rings. The minimum atomic E-state index is 0. The van der Waals surface area contributed by atoms with E-state index in [2.05, 4.69) is 186 Å². The molecule has 9 aromatic rings. The summed E-state index contributed by atoms with van der Waals surface area (Å²) in [7, 11) is 0. The number of hydrogen-bond donors (Lipinski definition) is 0. The number of hydrogen-bond acceptors (Lipinski definition) is 3. The Morgan fingerprint density at radius 3 is 2.00 bits per heavy atom. The summed E-state index contributed by atoms with van der Waals surface area (Å²) in [5.74, 6) is 0. The number of fused-ring (bicyclic) bond motifs is 7. The Labute approximate surface area is 305 Å². The van der Waals surface area contributed by atoms with Crippen LogP contribution in [0.2, 0.25) is 0 Å². The summed E-state index contributed by atoms with van der Waals surface area (Å²) >= 11 is 0. The van der Waals surface area contributed by atoms with Crippen molar-refractivity contribution in [1.29, 1.82) is 0 Å². The summed E-state index contributed by atoms with van der Waals surface area (Å²) in [5, 5.41) is 4.95. The van der Waals surface area contributed by atoms with Gasteiger partial charge in [0.2, 0.25) is 0 Å². The quantitative estimate of drug-likeness (QED) is 0.166. The third-order valence-corrected chi connectivity index (χ3v) is 9.64. The van der Waals surface area contributed by atoms with Gasteiger partial charge in [-0.25, -0.2) is 0 Å². The smallest absolute Gasteiger partial charge is 0.488 e.